The van der Waals surface area contributed by atoms with Crippen molar-refractivity contribution < 1.29 is 0 Å². The van der Waals surface area contributed by atoms with Crippen LogP contribution in [0.4, 0.5) is 0 Å². The molecular weight excluding hydrogens is 168 g/mol. The Kier molecular flexibility index (Phi) is 3.36. The van der Waals surface area contributed by atoms with E-state index in [1.165, 1.54) is 34.2 Å². The molecule has 0 saturated carbocycles. The fraction of sp³-hybridized carbons (Fsp3) is 0.571. The maximum atomic E-state index is 2.36. The number of benzene rings is 1. The van der Waals surface area contributed by atoms with Crippen LogP contribution in [0, 0.1) is 33.6 Å². The third-order valence-electron chi connectivity index (χ3n) is 3.22. The van der Waals surface area contributed by atoms with Gasteiger partial charge in [0.15, 0.2) is 0 Å². The fourth-order valence-corrected chi connectivity index (χ4v) is 1.95. The van der Waals surface area contributed by atoms with Gasteiger partial charge in [-0.05, 0) is 67.9 Å². The average Bonchev–Trinajstić information content (AvgIpc) is 2.10. The van der Waals surface area contributed by atoms with Crippen LogP contribution in [0.15, 0.2) is 6.07 Å². The topological polar surface area (TPSA) is 0 Å². The molecule has 0 spiro atoms. The van der Waals surface area contributed by atoms with Crippen LogP contribution in [-0.2, 0) is 6.42 Å². The minimum absolute atomic E-state index is 0.746. The van der Waals surface area contributed by atoms with E-state index in [9.17, 15) is 0 Å². The van der Waals surface area contributed by atoms with Crippen LogP contribution >= 0.6 is 0 Å². The lowest BCUT2D eigenvalue weighted by Gasteiger charge is -2.15. The van der Waals surface area contributed by atoms with E-state index in [0.29, 0.717) is 0 Å². The van der Waals surface area contributed by atoms with Gasteiger partial charge in [0.25, 0.3) is 0 Å². The van der Waals surface area contributed by atoms with Crippen molar-refractivity contribution in [3.8, 4) is 0 Å². The lowest BCUT2D eigenvalue weighted by Crippen LogP contribution is -2.01. The summed E-state index contributed by atoms with van der Waals surface area (Å²) < 4.78 is 0. The van der Waals surface area contributed by atoms with Crippen molar-refractivity contribution in [2.75, 3.05) is 0 Å². The van der Waals surface area contributed by atoms with E-state index in [1.54, 1.807) is 0 Å². The van der Waals surface area contributed by atoms with Gasteiger partial charge in [-0.25, -0.2) is 0 Å². The molecule has 0 nitrogen and oxygen atoms in total. The van der Waals surface area contributed by atoms with E-state index in [4.69, 9.17) is 0 Å². The van der Waals surface area contributed by atoms with Crippen molar-refractivity contribution in [2.45, 2.75) is 48.0 Å². The van der Waals surface area contributed by atoms with Crippen LogP contribution in [0.3, 0.4) is 0 Å². The highest BCUT2D eigenvalue weighted by molar-refractivity contribution is 5.43. The first kappa shape index (κ1) is 11.3. The second-order valence-electron chi connectivity index (χ2n) is 4.83. The van der Waals surface area contributed by atoms with Gasteiger partial charge < -0.3 is 0 Å². The molecular formula is C14H22. The van der Waals surface area contributed by atoms with Crippen molar-refractivity contribution in [1.82, 2.24) is 0 Å². The first-order valence-electron chi connectivity index (χ1n) is 5.49. The van der Waals surface area contributed by atoms with E-state index in [0.717, 1.165) is 5.92 Å². The fourth-order valence-electron chi connectivity index (χ4n) is 1.95. The van der Waals surface area contributed by atoms with Crippen molar-refractivity contribution in [1.29, 1.82) is 0 Å². The SMILES string of the molecule is Cc1cc(CC(C)C)c(C)c(C)c1C. The van der Waals surface area contributed by atoms with Gasteiger partial charge in [-0.1, -0.05) is 19.9 Å². The van der Waals surface area contributed by atoms with E-state index < -0.39 is 0 Å². The Balaban J connectivity index is 3.19. The molecule has 0 saturated heterocycles. The standard InChI is InChI=1S/C14H22/c1-9(2)7-14-8-10(3)11(4)12(5)13(14)6/h8-9H,7H2,1-6H3. The summed E-state index contributed by atoms with van der Waals surface area (Å²) in [6.07, 6.45) is 1.20. The molecule has 1 aromatic carbocycles. The van der Waals surface area contributed by atoms with Crippen LogP contribution in [0.1, 0.15) is 41.7 Å². The maximum Gasteiger partial charge on any atom is -0.0253 e. The van der Waals surface area contributed by atoms with E-state index in [-0.39, 0.29) is 0 Å². The summed E-state index contributed by atoms with van der Waals surface area (Å²) in [6.45, 7) is 13.5. The number of hydrogen-bond acceptors (Lipinski definition) is 0. The molecule has 0 atom stereocenters. The summed E-state index contributed by atoms with van der Waals surface area (Å²) in [5, 5.41) is 0. The Bertz CT molecular complexity index is 332. The van der Waals surface area contributed by atoms with Crippen LogP contribution in [0.5, 0.6) is 0 Å². The average molecular weight is 190 g/mol. The largest absolute Gasteiger partial charge is 0.0625 e. The lowest BCUT2D eigenvalue weighted by molar-refractivity contribution is 0.644. The van der Waals surface area contributed by atoms with Crippen molar-refractivity contribution >= 4 is 0 Å². The minimum Gasteiger partial charge on any atom is -0.0625 e. The van der Waals surface area contributed by atoms with Crippen molar-refractivity contribution in [3.05, 3.63) is 33.9 Å². The van der Waals surface area contributed by atoms with Gasteiger partial charge in [0.1, 0.15) is 0 Å². The van der Waals surface area contributed by atoms with Gasteiger partial charge in [-0.3, -0.25) is 0 Å². The molecule has 14 heavy (non-hydrogen) atoms. The summed E-state index contributed by atoms with van der Waals surface area (Å²) in [5.41, 5.74) is 7.38. The van der Waals surface area contributed by atoms with E-state index >= 15 is 0 Å². The Morgan fingerprint density at radius 1 is 0.929 bits per heavy atom. The van der Waals surface area contributed by atoms with Gasteiger partial charge in [0, 0.05) is 0 Å². The summed E-state index contributed by atoms with van der Waals surface area (Å²) >= 11 is 0. The molecule has 1 aromatic rings. The van der Waals surface area contributed by atoms with Crippen LogP contribution in [0.25, 0.3) is 0 Å². The molecule has 78 valence electrons. The lowest BCUT2D eigenvalue weighted by atomic mass is 9.90. The maximum absolute atomic E-state index is 2.36. The molecule has 0 heteroatoms. The van der Waals surface area contributed by atoms with Gasteiger partial charge in [0.2, 0.25) is 0 Å². The zero-order valence-corrected chi connectivity index (χ0v) is 10.4. The smallest absolute Gasteiger partial charge is 0.0253 e. The molecule has 0 unspecified atom stereocenters. The monoisotopic (exact) mass is 190 g/mol. The Morgan fingerprint density at radius 2 is 1.50 bits per heavy atom. The molecule has 0 radical (unpaired) electrons. The second kappa shape index (κ2) is 4.16. The Labute approximate surface area is 88.4 Å². The number of rotatable bonds is 2. The molecule has 0 aliphatic heterocycles. The summed E-state index contributed by atoms with van der Waals surface area (Å²) in [4.78, 5) is 0. The quantitative estimate of drug-likeness (QED) is 0.658. The van der Waals surface area contributed by atoms with E-state index in [1.807, 2.05) is 0 Å². The predicted octanol–water partition coefficient (Wildman–Crippen LogP) is 4.12. The molecule has 0 heterocycles. The van der Waals surface area contributed by atoms with Gasteiger partial charge in [-0.2, -0.15) is 0 Å². The third-order valence-corrected chi connectivity index (χ3v) is 3.22. The van der Waals surface area contributed by atoms with Crippen LogP contribution in [-0.4, -0.2) is 0 Å². The first-order valence-corrected chi connectivity index (χ1v) is 5.49. The molecule has 0 bridgehead atoms. The number of hydrogen-bond donors (Lipinski definition) is 0. The third kappa shape index (κ3) is 2.17. The molecule has 1 rings (SSSR count). The highest BCUT2D eigenvalue weighted by Crippen LogP contribution is 2.23. The van der Waals surface area contributed by atoms with Crippen LogP contribution < -0.4 is 0 Å². The van der Waals surface area contributed by atoms with Crippen LogP contribution in [0.2, 0.25) is 0 Å². The zero-order valence-electron chi connectivity index (χ0n) is 10.4. The molecule has 0 aromatic heterocycles. The molecule has 0 aliphatic carbocycles. The first-order chi connectivity index (χ1) is 6.43. The summed E-state index contributed by atoms with van der Waals surface area (Å²) in [6, 6.07) is 2.36. The van der Waals surface area contributed by atoms with Gasteiger partial charge >= 0.3 is 0 Å². The molecule has 0 N–H and O–H groups in total. The number of aryl methyl sites for hydroxylation is 1. The highest BCUT2D eigenvalue weighted by Gasteiger charge is 2.07. The normalized spacial score (nSPS) is 11.1. The molecule has 0 aliphatic rings. The van der Waals surface area contributed by atoms with Crippen molar-refractivity contribution in [2.24, 2.45) is 5.92 Å². The summed E-state index contributed by atoms with van der Waals surface area (Å²) in [7, 11) is 0. The van der Waals surface area contributed by atoms with Gasteiger partial charge in [0.05, 0.1) is 0 Å². The highest BCUT2D eigenvalue weighted by atomic mass is 14.1. The van der Waals surface area contributed by atoms with Gasteiger partial charge in [-0.15, -0.1) is 0 Å². The predicted molar refractivity (Wildman–Crippen MR) is 63.9 cm³/mol. The summed E-state index contributed by atoms with van der Waals surface area (Å²) in [5.74, 6) is 0.746. The zero-order chi connectivity index (χ0) is 10.9. The van der Waals surface area contributed by atoms with E-state index in [2.05, 4.69) is 47.6 Å². The molecule has 0 fully saturated rings. The Morgan fingerprint density at radius 3 is 2.00 bits per heavy atom. The molecule has 0 amide bonds. The Hall–Kier alpha value is -0.780. The minimum atomic E-state index is 0.746. The second-order valence-corrected chi connectivity index (χ2v) is 4.83. The van der Waals surface area contributed by atoms with Crippen molar-refractivity contribution in [3.63, 3.8) is 0 Å².